The SMILES string of the molecule is C1=C=C(c2ccc(-c3cnc(-c4ccc(-c5cccc6ccccc56)cc4)nc3-c3ccc(-c4cccnc4)cc3)cc2)C=CC=1. The van der Waals surface area contributed by atoms with Gasteiger partial charge in [-0.05, 0) is 62.4 Å². The van der Waals surface area contributed by atoms with Crippen LogP contribution in [-0.4, -0.2) is 15.0 Å². The van der Waals surface area contributed by atoms with E-state index in [2.05, 4.69) is 138 Å². The Labute approximate surface area is 267 Å². The molecule has 2 heterocycles. The van der Waals surface area contributed by atoms with Crippen LogP contribution in [0.1, 0.15) is 5.56 Å². The molecule has 7 aromatic rings. The summed E-state index contributed by atoms with van der Waals surface area (Å²) in [5, 5.41) is 2.47. The summed E-state index contributed by atoms with van der Waals surface area (Å²) in [7, 11) is 0. The maximum Gasteiger partial charge on any atom is 0.159 e. The van der Waals surface area contributed by atoms with Gasteiger partial charge in [0, 0.05) is 40.9 Å². The zero-order valence-corrected chi connectivity index (χ0v) is 24.9. The Balaban J connectivity index is 1.19. The van der Waals surface area contributed by atoms with Crippen LogP contribution in [0.4, 0.5) is 0 Å². The van der Waals surface area contributed by atoms with Crippen LogP contribution in [0.2, 0.25) is 0 Å². The zero-order chi connectivity index (χ0) is 30.7. The van der Waals surface area contributed by atoms with Crippen molar-refractivity contribution in [3.63, 3.8) is 0 Å². The number of benzene rings is 5. The first-order valence-electron chi connectivity index (χ1n) is 15.3. The van der Waals surface area contributed by atoms with Gasteiger partial charge in [-0.25, -0.2) is 9.97 Å². The lowest BCUT2D eigenvalue weighted by atomic mass is 9.96. The summed E-state index contributed by atoms with van der Waals surface area (Å²) in [5.74, 6) is 0.686. The monoisotopic (exact) mass is 585 g/mol. The molecule has 0 N–H and O–H groups in total. The van der Waals surface area contributed by atoms with Gasteiger partial charge in [0.2, 0.25) is 0 Å². The molecule has 8 rings (SSSR count). The Morgan fingerprint density at radius 1 is 0.500 bits per heavy atom. The molecule has 0 amide bonds. The second-order valence-electron chi connectivity index (χ2n) is 11.2. The van der Waals surface area contributed by atoms with Crippen molar-refractivity contribution in [2.24, 2.45) is 0 Å². The second kappa shape index (κ2) is 12.0. The van der Waals surface area contributed by atoms with Gasteiger partial charge in [-0.2, -0.15) is 0 Å². The molecule has 0 atom stereocenters. The van der Waals surface area contributed by atoms with Gasteiger partial charge in [-0.3, -0.25) is 4.98 Å². The van der Waals surface area contributed by atoms with Gasteiger partial charge in [0.1, 0.15) is 0 Å². The lowest BCUT2D eigenvalue weighted by Crippen LogP contribution is -1.96. The molecule has 3 heteroatoms. The van der Waals surface area contributed by atoms with Gasteiger partial charge in [-0.1, -0.05) is 139 Å². The summed E-state index contributed by atoms with van der Waals surface area (Å²) in [4.78, 5) is 14.4. The predicted octanol–water partition coefficient (Wildman–Crippen LogP) is 10.6. The van der Waals surface area contributed by atoms with Gasteiger partial charge in [0.05, 0.1) is 5.69 Å². The highest BCUT2D eigenvalue weighted by atomic mass is 14.9. The average Bonchev–Trinajstić information content (AvgIpc) is 3.15. The molecule has 1 aliphatic carbocycles. The molecule has 214 valence electrons. The van der Waals surface area contributed by atoms with Crippen LogP contribution in [0.15, 0.2) is 176 Å². The normalized spacial score (nSPS) is 12.0. The zero-order valence-electron chi connectivity index (χ0n) is 24.9. The van der Waals surface area contributed by atoms with Gasteiger partial charge < -0.3 is 0 Å². The molecule has 1 aliphatic rings. The molecule has 0 bridgehead atoms. The lowest BCUT2D eigenvalue weighted by Gasteiger charge is -2.13. The quantitative estimate of drug-likeness (QED) is 0.182. The number of hydrogen-bond donors (Lipinski definition) is 0. The third-order valence-corrected chi connectivity index (χ3v) is 8.34. The summed E-state index contributed by atoms with van der Waals surface area (Å²) in [6, 6.07) is 44.5. The molecule has 46 heavy (non-hydrogen) atoms. The van der Waals surface area contributed by atoms with Crippen molar-refractivity contribution in [1.29, 1.82) is 0 Å². The van der Waals surface area contributed by atoms with E-state index in [9.17, 15) is 0 Å². The lowest BCUT2D eigenvalue weighted by molar-refractivity contribution is 1.18. The average molecular weight is 586 g/mol. The minimum atomic E-state index is 0.686. The fourth-order valence-corrected chi connectivity index (χ4v) is 5.93. The van der Waals surface area contributed by atoms with Crippen LogP contribution in [0.25, 0.3) is 72.4 Å². The number of rotatable bonds is 6. The van der Waals surface area contributed by atoms with Crippen molar-refractivity contribution in [1.82, 2.24) is 15.0 Å². The molecular formula is C43H27N3. The van der Waals surface area contributed by atoms with Gasteiger partial charge in [0.25, 0.3) is 0 Å². The highest BCUT2D eigenvalue weighted by Gasteiger charge is 2.14. The first-order chi connectivity index (χ1) is 22.8. The fraction of sp³-hybridized carbons (Fsp3) is 0. The highest BCUT2D eigenvalue weighted by molar-refractivity contribution is 5.97. The third kappa shape index (κ3) is 5.30. The van der Waals surface area contributed by atoms with Gasteiger partial charge in [0.15, 0.2) is 5.82 Å². The van der Waals surface area contributed by atoms with Crippen LogP contribution >= 0.6 is 0 Å². The summed E-state index contributed by atoms with van der Waals surface area (Å²) in [6.07, 6.45) is 11.5. The summed E-state index contributed by atoms with van der Waals surface area (Å²) < 4.78 is 0. The van der Waals surface area contributed by atoms with E-state index in [1.165, 1.54) is 16.3 Å². The molecule has 3 nitrogen and oxygen atoms in total. The Hall–Kier alpha value is -6.37. The Bertz CT molecular complexity index is 2330. The maximum atomic E-state index is 5.19. The highest BCUT2D eigenvalue weighted by Crippen LogP contribution is 2.35. The Kier molecular flexibility index (Phi) is 7.07. The van der Waals surface area contributed by atoms with Crippen LogP contribution in [-0.2, 0) is 0 Å². The van der Waals surface area contributed by atoms with Crippen LogP contribution < -0.4 is 0 Å². The molecule has 0 spiro atoms. The largest absolute Gasteiger partial charge is 0.264 e. The van der Waals surface area contributed by atoms with Crippen LogP contribution in [0.5, 0.6) is 0 Å². The molecule has 0 radical (unpaired) electrons. The van der Waals surface area contributed by atoms with E-state index >= 15 is 0 Å². The predicted molar refractivity (Wildman–Crippen MR) is 189 cm³/mol. The molecular weight excluding hydrogens is 558 g/mol. The van der Waals surface area contributed by atoms with Crippen LogP contribution in [0.3, 0.4) is 0 Å². The van der Waals surface area contributed by atoms with Gasteiger partial charge >= 0.3 is 0 Å². The van der Waals surface area contributed by atoms with Crippen LogP contribution in [0, 0.1) is 0 Å². The first kappa shape index (κ1) is 27.2. The fourth-order valence-electron chi connectivity index (χ4n) is 5.93. The molecule has 0 saturated heterocycles. The topological polar surface area (TPSA) is 38.7 Å². The third-order valence-electron chi connectivity index (χ3n) is 8.34. The summed E-state index contributed by atoms with van der Waals surface area (Å²) in [6.45, 7) is 0. The van der Waals surface area contributed by atoms with Crippen molar-refractivity contribution in [3.05, 3.63) is 181 Å². The van der Waals surface area contributed by atoms with E-state index in [4.69, 9.17) is 9.97 Å². The smallest absolute Gasteiger partial charge is 0.159 e. The Morgan fingerprint density at radius 2 is 1.20 bits per heavy atom. The molecule has 2 aromatic heterocycles. The summed E-state index contributed by atoms with van der Waals surface area (Å²) in [5.41, 5.74) is 17.8. The van der Waals surface area contributed by atoms with Crippen molar-refractivity contribution in [2.45, 2.75) is 0 Å². The number of pyridine rings is 1. The van der Waals surface area contributed by atoms with Gasteiger partial charge in [-0.15, -0.1) is 0 Å². The van der Waals surface area contributed by atoms with Crippen molar-refractivity contribution < 1.29 is 0 Å². The standard InChI is InChI=1S/C43H27N3/c1-2-8-30(9-3-1)31-15-19-35(20-16-31)41-29-45-43(46-42(41)36-23-17-32(18-24-36)38-12-7-27-44-28-38)37-25-21-34(22-26-37)40-14-6-11-33-10-4-5-13-39(33)40/h1-2,4-8,10-29H. The molecule has 0 aliphatic heterocycles. The molecule has 0 saturated carbocycles. The molecule has 5 aromatic carbocycles. The first-order valence-corrected chi connectivity index (χ1v) is 15.3. The number of allylic oxidation sites excluding steroid dienone is 4. The number of hydrogen-bond acceptors (Lipinski definition) is 3. The van der Waals surface area contributed by atoms with Crippen molar-refractivity contribution >= 4 is 16.3 Å². The minimum Gasteiger partial charge on any atom is -0.264 e. The van der Waals surface area contributed by atoms with E-state index in [0.717, 1.165) is 55.8 Å². The Morgan fingerprint density at radius 3 is 1.96 bits per heavy atom. The van der Waals surface area contributed by atoms with E-state index in [0.29, 0.717) is 5.82 Å². The van der Waals surface area contributed by atoms with E-state index in [-0.39, 0.29) is 0 Å². The maximum absolute atomic E-state index is 5.19. The number of aromatic nitrogens is 3. The van der Waals surface area contributed by atoms with E-state index in [1.54, 1.807) is 6.20 Å². The summed E-state index contributed by atoms with van der Waals surface area (Å²) >= 11 is 0. The number of nitrogens with zero attached hydrogens (tertiary/aromatic N) is 3. The second-order valence-corrected chi connectivity index (χ2v) is 11.2. The van der Waals surface area contributed by atoms with E-state index in [1.807, 2.05) is 36.7 Å². The molecule has 0 fully saturated rings. The van der Waals surface area contributed by atoms with Crippen molar-refractivity contribution in [3.8, 4) is 56.0 Å². The molecule has 0 unspecified atom stereocenters. The number of fused-ring (bicyclic) bond motifs is 1. The van der Waals surface area contributed by atoms with E-state index < -0.39 is 0 Å². The van der Waals surface area contributed by atoms with Crippen molar-refractivity contribution in [2.75, 3.05) is 0 Å². The minimum absolute atomic E-state index is 0.686.